The summed E-state index contributed by atoms with van der Waals surface area (Å²) >= 11 is 0. The summed E-state index contributed by atoms with van der Waals surface area (Å²) in [4.78, 5) is 19.5. The molecule has 0 unspecified atom stereocenters. The highest BCUT2D eigenvalue weighted by Crippen LogP contribution is 2.37. The van der Waals surface area contributed by atoms with Gasteiger partial charge in [0.05, 0.1) is 11.0 Å². The molecule has 118 valence electrons. The van der Waals surface area contributed by atoms with Gasteiger partial charge < -0.3 is 10.3 Å². The van der Waals surface area contributed by atoms with Crippen molar-refractivity contribution in [3.05, 3.63) is 30.1 Å². The monoisotopic (exact) mass is 309 g/mol. The Morgan fingerprint density at radius 3 is 3.04 bits per heavy atom. The van der Waals surface area contributed by atoms with Crippen molar-refractivity contribution in [1.29, 1.82) is 0 Å². The largest absolute Gasteiger partial charge is 0.360 e. The van der Waals surface area contributed by atoms with E-state index in [1.54, 1.807) is 6.20 Å². The molecule has 0 aromatic carbocycles. The third-order valence-electron chi connectivity index (χ3n) is 4.04. The summed E-state index contributed by atoms with van der Waals surface area (Å²) in [5.41, 5.74) is 2.70. The Bertz CT molecular complexity index is 765. The molecule has 1 aliphatic heterocycles. The molecule has 6 heteroatoms. The minimum atomic E-state index is -0.384. The number of H-pyrrole nitrogens is 1. The number of nitrogens with zero attached hydrogens (tertiary/aromatic N) is 3. The number of pyridine rings is 1. The molecule has 1 aliphatic rings. The van der Waals surface area contributed by atoms with E-state index >= 15 is 0 Å². The van der Waals surface area contributed by atoms with Crippen LogP contribution in [0.3, 0.4) is 0 Å². The Kier molecular flexibility index (Phi) is 4.38. The molecule has 0 fully saturated rings. The first-order valence-corrected chi connectivity index (χ1v) is 7.78. The second kappa shape index (κ2) is 6.61. The van der Waals surface area contributed by atoms with Gasteiger partial charge in [-0.05, 0) is 24.1 Å². The van der Waals surface area contributed by atoms with E-state index in [0.717, 1.165) is 29.4 Å². The maximum absolute atomic E-state index is 11.9. The number of hydrogen-bond acceptors (Lipinski definition) is 4. The molecule has 6 nitrogen and oxygen atoms in total. The molecular weight excluding hydrogens is 290 g/mol. The number of aromatic nitrogens is 2. The van der Waals surface area contributed by atoms with Crippen LogP contribution in [0.1, 0.15) is 31.2 Å². The lowest BCUT2D eigenvalue weighted by molar-refractivity contribution is -0.121. The Hall–Kier alpha value is -2.68. The van der Waals surface area contributed by atoms with Crippen molar-refractivity contribution in [3.8, 4) is 12.3 Å². The van der Waals surface area contributed by atoms with Gasteiger partial charge in [0.25, 0.3) is 0 Å². The van der Waals surface area contributed by atoms with Crippen LogP contribution in [0.5, 0.6) is 0 Å². The zero-order valence-electron chi connectivity index (χ0n) is 12.9. The number of amides is 1. The van der Waals surface area contributed by atoms with Gasteiger partial charge in [-0.1, -0.05) is 0 Å². The second-order valence-electron chi connectivity index (χ2n) is 5.70. The van der Waals surface area contributed by atoms with Crippen molar-refractivity contribution in [2.24, 2.45) is 10.2 Å². The van der Waals surface area contributed by atoms with E-state index < -0.39 is 0 Å². The molecule has 0 saturated carbocycles. The topological polar surface area (TPSA) is 82.5 Å². The molecule has 2 N–H and O–H groups in total. The zero-order chi connectivity index (χ0) is 16.1. The average Bonchev–Trinajstić information content (AvgIpc) is 3.24. The molecule has 0 spiro atoms. The third kappa shape index (κ3) is 3.75. The van der Waals surface area contributed by atoms with Crippen LogP contribution in [0.2, 0.25) is 0 Å². The molecule has 0 atom stereocenters. The number of rotatable bonds is 8. The van der Waals surface area contributed by atoms with Gasteiger partial charge in [0.15, 0.2) is 5.66 Å². The van der Waals surface area contributed by atoms with Crippen molar-refractivity contribution < 1.29 is 4.79 Å². The average molecular weight is 309 g/mol. The molecular formula is C17H19N5O. The summed E-state index contributed by atoms with van der Waals surface area (Å²) in [5, 5.41) is 11.0. The second-order valence-corrected chi connectivity index (χ2v) is 5.70. The summed E-state index contributed by atoms with van der Waals surface area (Å²) in [6.45, 7) is 0.591. The van der Waals surface area contributed by atoms with Crippen molar-refractivity contribution in [1.82, 2.24) is 15.3 Å². The Morgan fingerprint density at radius 2 is 2.26 bits per heavy atom. The highest BCUT2D eigenvalue weighted by molar-refractivity contribution is 5.79. The van der Waals surface area contributed by atoms with E-state index in [1.807, 2.05) is 18.3 Å². The lowest BCUT2D eigenvalue weighted by Crippen LogP contribution is -2.27. The van der Waals surface area contributed by atoms with Crippen molar-refractivity contribution in [2.45, 2.75) is 37.8 Å². The van der Waals surface area contributed by atoms with Crippen LogP contribution in [0.25, 0.3) is 11.0 Å². The van der Waals surface area contributed by atoms with Gasteiger partial charge in [-0.2, -0.15) is 10.2 Å². The summed E-state index contributed by atoms with van der Waals surface area (Å²) < 4.78 is 0. The van der Waals surface area contributed by atoms with Crippen LogP contribution < -0.4 is 5.32 Å². The maximum atomic E-state index is 11.9. The minimum Gasteiger partial charge on any atom is -0.360 e. The smallest absolute Gasteiger partial charge is 0.220 e. The number of hydrogen-bond donors (Lipinski definition) is 2. The summed E-state index contributed by atoms with van der Waals surface area (Å²) in [6.07, 6.45) is 12.1. The van der Waals surface area contributed by atoms with Gasteiger partial charge >= 0.3 is 0 Å². The van der Waals surface area contributed by atoms with E-state index in [2.05, 4.69) is 31.4 Å². The third-order valence-corrected chi connectivity index (χ3v) is 4.04. The number of fused-ring (bicyclic) bond motifs is 1. The van der Waals surface area contributed by atoms with Crippen molar-refractivity contribution in [3.63, 3.8) is 0 Å². The first kappa shape index (κ1) is 15.2. The molecule has 0 aliphatic carbocycles. The molecule has 3 heterocycles. The number of terminal acetylenes is 1. The summed E-state index contributed by atoms with van der Waals surface area (Å²) in [6, 6.07) is 3.89. The molecule has 2 aromatic rings. The number of nitrogens with one attached hydrogen (secondary N) is 2. The first-order chi connectivity index (χ1) is 11.2. The number of carbonyl (C=O) groups excluding carboxylic acids is 1. The van der Waals surface area contributed by atoms with Gasteiger partial charge in [0.2, 0.25) is 5.91 Å². The highest BCUT2D eigenvalue weighted by Gasteiger charge is 2.39. The first-order valence-electron chi connectivity index (χ1n) is 7.78. The van der Waals surface area contributed by atoms with Crippen LogP contribution in [0, 0.1) is 12.3 Å². The minimum absolute atomic E-state index is 0.0233. The summed E-state index contributed by atoms with van der Waals surface area (Å²) in [7, 11) is 0. The molecule has 1 amide bonds. The molecule has 0 radical (unpaired) electrons. The van der Waals surface area contributed by atoms with E-state index in [0.29, 0.717) is 25.8 Å². The fourth-order valence-corrected chi connectivity index (χ4v) is 2.61. The van der Waals surface area contributed by atoms with Crippen LogP contribution >= 0.6 is 0 Å². The van der Waals surface area contributed by atoms with Crippen molar-refractivity contribution >= 4 is 16.9 Å². The Labute approximate surface area is 134 Å². The zero-order valence-corrected chi connectivity index (χ0v) is 12.9. The molecule has 3 rings (SSSR count). The molecule has 2 aromatic heterocycles. The number of carbonyl (C=O) groups is 1. The summed E-state index contributed by atoms with van der Waals surface area (Å²) in [5.74, 6) is 2.61. The quantitative estimate of drug-likeness (QED) is 0.735. The van der Waals surface area contributed by atoms with Gasteiger partial charge in [0, 0.05) is 44.6 Å². The van der Waals surface area contributed by atoms with E-state index in [-0.39, 0.29) is 11.6 Å². The van der Waals surface area contributed by atoms with Gasteiger partial charge in [-0.25, -0.2) is 0 Å². The van der Waals surface area contributed by atoms with Crippen LogP contribution in [-0.2, 0) is 11.2 Å². The van der Waals surface area contributed by atoms with Gasteiger partial charge in [-0.15, -0.1) is 12.3 Å². The predicted molar refractivity (Wildman–Crippen MR) is 87.7 cm³/mol. The van der Waals surface area contributed by atoms with Gasteiger partial charge in [-0.3, -0.25) is 9.78 Å². The maximum Gasteiger partial charge on any atom is 0.220 e. The van der Waals surface area contributed by atoms with Crippen molar-refractivity contribution in [2.75, 3.05) is 6.54 Å². The Morgan fingerprint density at radius 1 is 1.39 bits per heavy atom. The normalized spacial score (nSPS) is 14.6. The number of aromatic amines is 1. The van der Waals surface area contributed by atoms with Crippen LogP contribution in [-0.4, -0.2) is 28.1 Å². The lowest BCUT2D eigenvalue weighted by Gasteiger charge is -2.09. The van der Waals surface area contributed by atoms with Gasteiger partial charge in [0.1, 0.15) is 0 Å². The predicted octanol–water partition coefficient (Wildman–Crippen LogP) is 2.58. The van der Waals surface area contributed by atoms with E-state index in [1.165, 1.54) is 0 Å². The van der Waals surface area contributed by atoms with Crippen LogP contribution in [0.15, 0.2) is 34.8 Å². The lowest BCUT2D eigenvalue weighted by atomic mass is 10.0. The molecule has 0 bridgehead atoms. The van der Waals surface area contributed by atoms with Crippen LogP contribution in [0.4, 0.5) is 0 Å². The standard InChI is InChI=1S/C17H19N5O/c1-2-3-8-17(21-22-17)9-6-15(23)18-11-7-13-12-20-14-5-4-10-19-16(13)14/h1,4-5,10,12,20H,3,6-9,11H2,(H,18,23). The molecule has 0 saturated heterocycles. The van der Waals surface area contributed by atoms with E-state index in [4.69, 9.17) is 6.42 Å². The fourth-order valence-electron chi connectivity index (χ4n) is 2.61. The van der Waals surface area contributed by atoms with E-state index in [9.17, 15) is 4.79 Å². The molecule has 23 heavy (non-hydrogen) atoms. The highest BCUT2D eigenvalue weighted by atomic mass is 16.1. The Balaban J connectivity index is 1.41. The fraction of sp³-hybridized carbons (Fsp3) is 0.412. The SMILES string of the molecule is C#CCCC1(CCC(=O)NCCc2c[nH]c3cccnc23)N=N1.